The number of amides is 1. The third kappa shape index (κ3) is 4.15. The van der Waals surface area contributed by atoms with Gasteiger partial charge in [-0.1, -0.05) is 11.6 Å². The zero-order valence-corrected chi connectivity index (χ0v) is 17.8. The third-order valence-corrected chi connectivity index (χ3v) is 5.27. The summed E-state index contributed by atoms with van der Waals surface area (Å²) in [6, 6.07) is 5.62. The van der Waals surface area contributed by atoms with E-state index in [1.165, 1.54) is 6.92 Å². The predicted octanol–water partition coefficient (Wildman–Crippen LogP) is 3.53. The Kier molecular flexibility index (Phi) is 5.48. The van der Waals surface area contributed by atoms with Gasteiger partial charge in [0, 0.05) is 21.5 Å². The number of nitrogens with zero attached hydrogens (tertiary/aromatic N) is 4. The van der Waals surface area contributed by atoms with Gasteiger partial charge in [0.2, 0.25) is 11.9 Å². The van der Waals surface area contributed by atoms with Gasteiger partial charge in [0.05, 0.1) is 6.04 Å². The van der Waals surface area contributed by atoms with Crippen molar-refractivity contribution in [3.63, 3.8) is 0 Å². The van der Waals surface area contributed by atoms with E-state index in [-0.39, 0.29) is 24.1 Å². The van der Waals surface area contributed by atoms with Gasteiger partial charge in [0.15, 0.2) is 0 Å². The van der Waals surface area contributed by atoms with Crippen molar-refractivity contribution in [2.24, 2.45) is 0 Å². The van der Waals surface area contributed by atoms with Gasteiger partial charge in [-0.3, -0.25) is 4.79 Å². The number of pyridine rings is 1. The number of nitrogens with one attached hydrogen (secondary N) is 2. The number of carbonyl (C=O) groups is 1. The average molecular weight is 447 g/mol. The summed E-state index contributed by atoms with van der Waals surface area (Å²) in [6.07, 6.45) is -2.05. The number of aromatic nitrogens is 4. The number of anilines is 2. The largest absolute Gasteiger partial charge is 0.447 e. The summed E-state index contributed by atoms with van der Waals surface area (Å²) in [5.74, 6) is 0.452. The summed E-state index contributed by atoms with van der Waals surface area (Å²) < 4.78 is 18.9. The summed E-state index contributed by atoms with van der Waals surface area (Å²) in [7, 11) is 0. The van der Waals surface area contributed by atoms with Gasteiger partial charge in [-0.2, -0.15) is 15.0 Å². The van der Waals surface area contributed by atoms with E-state index >= 15 is 0 Å². The molecule has 3 atom stereocenters. The summed E-state index contributed by atoms with van der Waals surface area (Å²) >= 11 is 6.06. The highest BCUT2D eigenvalue weighted by molar-refractivity contribution is 6.31. The molecule has 4 rings (SSSR count). The summed E-state index contributed by atoms with van der Waals surface area (Å²) in [4.78, 5) is 41.2. The number of hydrogen-bond donors (Lipinski definition) is 2. The molecule has 0 radical (unpaired) electrons. The van der Waals surface area contributed by atoms with Crippen LogP contribution < -0.4 is 15.8 Å². The number of H-pyrrole nitrogens is 1. The van der Waals surface area contributed by atoms with Crippen LogP contribution in [0.25, 0.3) is 10.9 Å². The highest BCUT2D eigenvalue weighted by Crippen LogP contribution is 2.25. The fraction of sp³-hybridized carbons (Fsp3) is 0.350. The monoisotopic (exact) mass is 446 g/mol. The Labute approximate surface area is 181 Å². The van der Waals surface area contributed by atoms with Crippen LogP contribution in [0.15, 0.2) is 29.1 Å². The first-order chi connectivity index (χ1) is 14.7. The lowest BCUT2D eigenvalue weighted by Gasteiger charge is -2.21. The van der Waals surface area contributed by atoms with Gasteiger partial charge < -0.3 is 15.0 Å². The summed E-state index contributed by atoms with van der Waals surface area (Å²) in [5.41, 5.74) is 0.850. The first kappa shape index (κ1) is 21.0. The second kappa shape index (κ2) is 8.10. The van der Waals surface area contributed by atoms with Crippen LogP contribution in [0, 0.1) is 6.92 Å². The van der Waals surface area contributed by atoms with Crippen LogP contribution in [0.4, 0.5) is 21.1 Å². The maximum absolute atomic E-state index is 13.9. The first-order valence-corrected chi connectivity index (χ1v) is 10.0. The van der Waals surface area contributed by atoms with Crippen molar-refractivity contribution in [2.75, 3.05) is 16.8 Å². The Morgan fingerprint density at radius 1 is 1.26 bits per heavy atom. The smallest absolute Gasteiger partial charge is 0.417 e. The number of fused-ring (bicyclic) bond motifs is 1. The minimum absolute atomic E-state index is 0.0154. The number of ether oxygens (including phenoxy) is 1. The molecule has 1 aliphatic heterocycles. The van der Waals surface area contributed by atoms with Gasteiger partial charge in [-0.15, -0.1) is 0 Å². The molecule has 3 aromatic rings. The number of aryl methyl sites for hydroxylation is 1. The highest BCUT2D eigenvalue weighted by Gasteiger charge is 2.40. The second-order valence-electron chi connectivity index (χ2n) is 7.35. The molecule has 1 aromatic carbocycles. The lowest BCUT2D eigenvalue weighted by atomic mass is 10.1. The minimum Gasteiger partial charge on any atom is -0.447 e. The number of cyclic esters (lactones) is 1. The van der Waals surface area contributed by atoms with E-state index in [0.29, 0.717) is 21.9 Å². The van der Waals surface area contributed by atoms with Crippen molar-refractivity contribution in [3.8, 4) is 0 Å². The Morgan fingerprint density at radius 2 is 2.03 bits per heavy atom. The highest BCUT2D eigenvalue weighted by atomic mass is 35.5. The van der Waals surface area contributed by atoms with Crippen LogP contribution in [0.1, 0.15) is 31.3 Å². The van der Waals surface area contributed by atoms with E-state index in [2.05, 4.69) is 25.3 Å². The van der Waals surface area contributed by atoms with Gasteiger partial charge in [0.25, 0.3) is 5.56 Å². The minimum atomic E-state index is -1.33. The van der Waals surface area contributed by atoms with E-state index < -0.39 is 24.3 Å². The zero-order valence-electron chi connectivity index (χ0n) is 17.0. The van der Waals surface area contributed by atoms with E-state index in [9.17, 15) is 14.0 Å². The number of carbonyl (C=O) groups excluding carboxylic acids is 1. The molecule has 3 heterocycles. The summed E-state index contributed by atoms with van der Waals surface area (Å²) in [5, 5.41) is 4.39. The number of halogens is 2. The molecule has 1 amide bonds. The van der Waals surface area contributed by atoms with Crippen LogP contribution in [0.3, 0.4) is 0 Å². The van der Waals surface area contributed by atoms with E-state index in [1.807, 2.05) is 0 Å². The van der Waals surface area contributed by atoms with Crippen LogP contribution in [0.5, 0.6) is 0 Å². The molecule has 0 bridgehead atoms. The molecule has 1 saturated heterocycles. The molecule has 31 heavy (non-hydrogen) atoms. The molecule has 2 aromatic heterocycles. The molecule has 0 unspecified atom stereocenters. The number of alkyl halides is 1. The van der Waals surface area contributed by atoms with E-state index in [4.69, 9.17) is 16.3 Å². The predicted molar refractivity (Wildman–Crippen MR) is 114 cm³/mol. The van der Waals surface area contributed by atoms with Gasteiger partial charge in [0.1, 0.15) is 24.6 Å². The summed E-state index contributed by atoms with van der Waals surface area (Å²) in [6.45, 7) is 4.65. The van der Waals surface area contributed by atoms with Crippen LogP contribution >= 0.6 is 11.6 Å². The molecule has 9 nitrogen and oxygen atoms in total. The Hall–Kier alpha value is -3.27. The number of benzene rings is 1. The topological polar surface area (TPSA) is 113 Å². The molecular formula is C20H20ClFN6O3. The molecule has 0 saturated carbocycles. The zero-order chi connectivity index (χ0) is 22.3. The lowest BCUT2D eigenvalue weighted by molar-refractivity contribution is 0.174. The Morgan fingerprint density at radius 3 is 2.77 bits per heavy atom. The van der Waals surface area contributed by atoms with Crippen LogP contribution in [0.2, 0.25) is 5.02 Å². The molecular weight excluding hydrogens is 427 g/mol. The number of rotatable bonds is 5. The maximum atomic E-state index is 13.9. The molecule has 0 spiro atoms. The van der Waals surface area contributed by atoms with Crippen molar-refractivity contribution in [3.05, 3.63) is 51.0 Å². The molecule has 2 N–H and O–H groups in total. The number of hydrogen-bond acceptors (Lipinski definition) is 7. The second-order valence-corrected chi connectivity index (χ2v) is 7.79. The molecule has 1 fully saturated rings. The molecule has 11 heteroatoms. The third-order valence-electron chi connectivity index (χ3n) is 5.03. The first-order valence-electron chi connectivity index (χ1n) is 9.64. The van der Waals surface area contributed by atoms with Crippen molar-refractivity contribution < 1.29 is 13.9 Å². The molecule has 0 aliphatic carbocycles. The Balaban J connectivity index is 1.65. The molecule has 162 valence electrons. The van der Waals surface area contributed by atoms with Crippen LogP contribution in [-0.2, 0) is 4.74 Å². The van der Waals surface area contributed by atoms with Gasteiger partial charge in [-0.05, 0) is 45.0 Å². The van der Waals surface area contributed by atoms with Gasteiger partial charge in [-0.25, -0.2) is 14.1 Å². The van der Waals surface area contributed by atoms with Crippen molar-refractivity contribution >= 4 is 40.5 Å². The van der Waals surface area contributed by atoms with Crippen molar-refractivity contribution in [2.45, 2.75) is 39.0 Å². The lowest BCUT2D eigenvalue weighted by Crippen LogP contribution is -2.40. The maximum Gasteiger partial charge on any atom is 0.417 e. The van der Waals surface area contributed by atoms with Crippen molar-refractivity contribution in [1.29, 1.82) is 0 Å². The number of aromatic amines is 1. The SMILES string of the molecule is Cc1nc(N[C@H](C)c2cc3cc(Cl)ccc3[nH]c2=O)nc(N2C(=O)OC[C@@H]2[C@H](C)F)n1. The van der Waals surface area contributed by atoms with Gasteiger partial charge >= 0.3 is 6.09 Å². The van der Waals surface area contributed by atoms with E-state index in [0.717, 1.165) is 10.3 Å². The van der Waals surface area contributed by atoms with E-state index in [1.54, 1.807) is 38.1 Å². The standard InChI is InChI=1S/C20H20ClFN6O3/c1-9(22)16-8-31-20(30)28(16)19-25-11(3)24-18(27-19)23-10(2)14-7-12-6-13(21)4-5-15(12)26-17(14)29/h4-7,9-10,16H,8H2,1-3H3,(H,26,29)(H,23,24,25,27)/t9-,10+,16+/m0/s1. The fourth-order valence-corrected chi connectivity index (χ4v) is 3.61. The fourth-order valence-electron chi connectivity index (χ4n) is 3.43. The van der Waals surface area contributed by atoms with Crippen LogP contribution in [-0.4, -0.2) is 44.8 Å². The average Bonchev–Trinajstić information content (AvgIpc) is 3.09. The quantitative estimate of drug-likeness (QED) is 0.616. The van der Waals surface area contributed by atoms with Crippen molar-refractivity contribution in [1.82, 2.24) is 19.9 Å². The molecule has 1 aliphatic rings. The normalized spacial score (nSPS) is 18.2. The Bertz CT molecular complexity index is 1220.